The van der Waals surface area contributed by atoms with Crippen LogP contribution in [-0.4, -0.2) is 9.97 Å². The van der Waals surface area contributed by atoms with Gasteiger partial charge in [-0.1, -0.05) is 29.3 Å². The van der Waals surface area contributed by atoms with E-state index in [0.29, 0.717) is 22.4 Å². The summed E-state index contributed by atoms with van der Waals surface area (Å²) in [5.74, 6) is 0.715. The van der Waals surface area contributed by atoms with Crippen molar-refractivity contribution in [2.75, 3.05) is 5.32 Å². The molecule has 1 N–H and O–H groups in total. The summed E-state index contributed by atoms with van der Waals surface area (Å²) in [6, 6.07) is 7.47. The topological polar surface area (TPSA) is 37.8 Å². The second-order valence-corrected chi connectivity index (χ2v) is 6.13. The molecule has 20 heavy (non-hydrogen) atoms. The molecule has 0 spiro atoms. The van der Waals surface area contributed by atoms with Gasteiger partial charge in [0.2, 0.25) is 5.28 Å². The molecule has 3 nitrogen and oxygen atoms in total. The molecule has 0 aliphatic heterocycles. The summed E-state index contributed by atoms with van der Waals surface area (Å²) in [7, 11) is 0. The zero-order valence-corrected chi connectivity index (χ0v) is 13.1. The maximum Gasteiger partial charge on any atom is 0.225 e. The number of aromatic nitrogens is 2. The Hall–Kier alpha value is -1.07. The average molecular weight is 345 g/mol. The molecule has 2 heterocycles. The fourth-order valence-electron chi connectivity index (χ4n) is 1.80. The number of thiophene rings is 1. The molecular weight excluding hydrogens is 337 g/mol. The molecule has 1 aromatic carbocycles. The largest absolute Gasteiger partial charge is 0.365 e. The molecule has 0 bridgehead atoms. The molecule has 0 saturated carbocycles. The minimum absolute atomic E-state index is 0.233. The van der Waals surface area contributed by atoms with Crippen LogP contribution in [0.15, 0.2) is 29.6 Å². The molecule has 102 valence electrons. The molecule has 0 aliphatic carbocycles. The molecule has 0 saturated heterocycles. The van der Waals surface area contributed by atoms with Gasteiger partial charge in [0.25, 0.3) is 0 Å². The van der Waals surface area contributed by atoms with Crippen molar-refractivity contribution in [1.82, 2.24) is 9.97 Å². The van der Waals surface area contributed by atoms with Gasteiger partial charge in [-0.2, -0.15) is 0 Å². The predicted molar refractivity (Wildman–Crippen MR) is 86.2 cm³/mol. The maximum absolute atomic E-state index is 5.99. The number of nitrogens with zero attached hydrogens (tertiary/aromatic N) is 2. The van der Waals surface area contributed by atoms with Crippen molar-refractivity contribution in [2.45, 2.75) is 6.54 Å². The first-order chi connectivity index (χ1) is 9.63. The Morgan fingerprint density at radius 2 is 1.90 bits per heavy atom. The van der Waals surface area contributed by atoms with Gasteiger partial charge in [-0.3, -0.25) is 0 Å². The molecule has 0 radical (unpaired) electrons. The van der Waals surface area contributed by atoms with Crippen molar-refractivity contribution in [3.05, 3.63) is 50.5 Å². The number of hydrogen-bond donors (Lipinski definition) is 1. The SMILES string of the molecule is Clc1nc(NCc2ccc(Cl)c(Cl)c2)c2ccsc2n1. The molecule has 0 unspecified atom stereocenters. The molecule has 0 fully saturated rings. The second-order valence-electron chi connectivity index (χ2n) is 4.08. The summed E-state index contributed by atoms with van der Waals surface area (Å²) in [6.45, 7) is 0.579. The number of rotatable bonds is 3. The number of benzene rings is 1. The molecule has 0 atom stereocenters. The van der Waals surface area contributed by atoms with Gasteiger partial charge in [0.15, 0.2) is 0 Å². The lowest BCUT2D eigenvalue weighted by atomic mass is 10.2. The number of fused-ring (bicyclic) bond motifs is 1. The second kappa shape index (κ2) is 5.74. The van der Waals surface area contributed by atoms with Crippen molar-refractivity contribution < 1.29 is 0 Å². The van der Waals surface area contributed by atoms with Gasteiger partial charge in [-0.25, -0.2) is 9.97 Å². The third kappa shape index (κ3) is 2.83. The van der Waals surface area contributed by atoms with Crippen LogP contribution in [0.4, 0.5) is 5.82 Å². The van der Waals surface area contributed by atoms with E-state index >= 15 is 0 Å². The van der Waals surface area contributed by atoms with Gasteiger partial charge in [0.05, 0.1) is 15.4 Å². The molecular formula is C13H8Cl3N3S. The fourth-order valence-corrected chi connectivity index (χ4v) is 3.10. The summed E-state index contributed by atoms with van der Waals surface area (Å²) < 4.78 is 0. The highest BCUT2D eigenvalue weighted by molar-refractivity contribution is 7.16. The highest BCUT2D eigenvalue weighted by Gasteiger charge is 2.08. The van der Waals surface area contributed by atoms with E-state index in [1.165, 1.54) is 11.3 Å². The molecule has 7 heteroatoms. The Bertz CT molecular complexity index is 773. The highest BCUT2D eigenvalue weighted by Crippen LogP contribution is 2.27. The Labute approximate surface area is 134 Å². The number of nitrogens with one attached hydrogen (secondary N) is 1. The fraction of sp³-hybridized carbons (Fsp3) is 0.0769. The van der Waals surface area contributed by atoms with E-state index in [-0.39, 0.29) is 5.28 Å². The lowest BCUT2D eigenvalue weighted by Gasteiger charge is -2.08. The predicted octanol–water partition coefficient (Wildman–Crippen LogP) is 5.26. The summed E-state index contributed by atoms with van der Waals surface area (Å²) in [5.41, 5.74) is 1.01. The van der Waals surface area contributed by atoms with Gasteiger partial charge in [0, 0.05) is 6.54 Å². The van der Waals surface area contributed by atoms with Crippen LogP contribution in [0.25, 0.3) is 10.2 Å². The minimum atomic E-state index is 0.233. The van der Waals surface area contributed by atoms with E-state index < -0.39 is 0 Å². The van der Waals surface area contributed by atoms with Crippen LogP contribution >= 0.6 is 46.1 Å². The zero-order valence-electron chi connectivity index (χ0n) is 10.0. The van der Waals surface area contributed by atoms with Gasteiger partial charge < -0.3 is 5.32 Å². The summed E-state index contributed by atoms with van der Waals surface area (Å²) in [6.07, 6.45) is 0. The molecule has 0 aliphatic rings. The van der Waals surface area contributed by atoms with Crippen LogP contribution in [0.2, 0.25) is 15.3 Å². The maximum atomic E-state index is 5.99. The van der Waals surface area contributed by atoms with Crippen molar-refractivity contribution in [3.63, 3.8) is 0 Å². The van der Waals surface area contributed by atoms with Crippen LogP contribution in [0, 0.1) is 0 Å². The minimum Gasteiger partial charge on any atom is -0.365 e. The molecule has 2 aromatic heterocycles. The number of hydrogen-bond acceptors (Lipinski definition) is 4. The Morgan fingerprint density at radius 3 is 2.70 bits per heavy atom. The number of halogens is 3. The summed E-state index contributed by atoms with van der Waals surface area (Å²) in [5, 5.41) is 7.47. The lowest BCUT2D eigenvalue weighted by molar-refractivity contribution is 1.11. The van der Waals surface area contributed by atoms with Gasteiger partial charge in [-0.15, -0.1) is 11.3 Å². The lowest BCUT2D eigenvalue weighted by Crippen LogP contribution is -2.02. The first-order valence-electron chi connectivity index (χ1n) is 5.72. The van der Waals surface area contributed by atoms with Crippen LogP contribution in [0.5, 0.6) is 0 Å². The zero-order chi connectivity index (χ0) is 14.1. The van der Waals surface area contributed by atoms with Crippen molar-refractivity contribution in [1.29, 1.82) is 0 Å². The third-order valence-electron chi connectivity index (χ3n) is 2.74. The smallest absolute Gasteiger partial charge is 0.225 e. The molecule has 0 amide bonds. The standard InChI is InChI=1S/C13H8Cl3N3S/c14-9-2-1-7(5-10(9)15)6-17-11-8-3-4-20-12(8)19-13(16)18-11/h1-5H,6H2,(H,17,18,19). The normalized spacial score (nSPS) is 10.9. The summed E-state index contributed by atoms with van der Waals surface area (Å²) in [4.78, 5) is 9.25. The van der Waals surface area contributed by atoms with Gasteiger partial charge in [-0.05, 0) is 40.7 Å². The molecule has 3 aromatic rings. The first-order valence-corrected chi connectivity index (χ1v) is 7.73. The first kappa shape index (κ1) is 13.9. The van der Waals surface area contributed by atoms with Crippen LogP contribution in [0.1, 0.15) is 5.56 Å². The third-order valence-corrected chi connectivity index (χ3v) is 4.46. The van der Waals surface area contributed by atoms with Gasteiger partial charge >= 0.3 is 0 Å². The Kier molecular flexibility index (Phi) is 3.98. The van der Waals surface area contributed by atoms with Crippen LogP contribution in [0.3, 0.4) is 0 Å². The van der Waals surface area contributed by atoms with Crippen LogP contribution in [-0.2, 0) is 6.54 Å². The van der Waals surface area contributed by atoms with E-state index in [9.17, 15) is 0 Å². The van der Waals surface area contributed by atoms with E-state index in [1.54, 1.807) is 6.07 Å². The van der Waals surface area contributed by atoms with E-state index in [1.807, 2.05) is 23.6 Å². The number of anilines is 1. The quantitative estimate of drug-likeness (QED) is 0.658. The Balaban J connectivity index is 1.86. The van der Waals surface area contributed by atoms with Crippen LogP contribution < -0.4 is 5.32 Å². The highest BCUT2D eigenvalue weighted by atomic mass is 35.5. The van der Waals surface area contributed by atoms with Crippen molar-refractivity contribution in [2.24, 2.45) is 0 Å². The molecule has 3 rings (SSSR count). The van der Waals surface area contributed by atoms with E-state index in [4.69, 9.17) is 34.8 Å². The van der Waals surface area contributed by atoms with E-state index in [2.05, 4.69) is 15.3 Å². The van der Waals surface area contributed by atoms with Gasteiger partial charge in [0.1, 0.15) is 10.6 Å². The Morgan fingerprint density at radius 1 is 1.05 bits per heavy atom. The van der Waals surface area contributed by atoms with Crippen molar-refractivity contribution in [3.8, 4) is 0 Å². The van der Waals surface area contributed by atoms with Crippen molar-refractivity contribution >= 4 is 62.2 Å². The monoisotopic (exact) mass is 343 g/mol. The van der Waals surface area contributed by atoms with E-state index in [0.717, 1.165) is 15.8 Å². The average Bonchev–Trinajstić information content (AvgIpc) is 2.88. The summed E-state index contributed by atoms with van der Waals surface area (Å²) >= 11 is 19.3.